The van der Waals surface area contributed by atoms with E-state index in [-0.39, 0.29) is 0 Å². The zero-order valence-corrected chi connectivity index (χ0v) is 23.1. The van der Waals surface area contributed by atoms with Crippen molar-refractivity contribution in [2.24, 2.45) is 14.1 Å². The number of hydrogen-bond donors (Lipinski definition) is 3. The van der Waals surface area contributed by atoms with Crippen LogP contribution in [0.2, 0.25) is 0 Å². The lowest BCUT2D eigenvalue weighted by atomic mass is 10.1. The van der Waals surface area contributed by atoms with Gasteiger partial charge < -0.3 is 29.2 Å². The fraction of sp³-hybridized carbons (Fsp3) is 0.593. The van der Waals surface area contributed by atoms with E-state index in [1.807, 2.05) is 19.2 Å². The minimum atomic E-state index is -0.450. The number of aromatic amines is 1. The van der Waals surface area contributed by atoms with Gasteiger partial charge in [-0.05, 0) is 12.8 Å². The molecule has 3 aromatic rings. The summed E-state index contributed by atoms with van der Waals surface area (Å²) in [4.78, 5) is 30.8. The Bertz CT molecular complexity index is 1290. The van der Waals surface area contributed by atoms with E-state index in [1.54, 1.807) is 32.9 Å². The van der Waals surface area contributed by atoms with Gasteiger partial charge in [0.05, 0.1) is 27.4 Å². The van der Waals surface area contributed by atoms with E-state index in [4.69, 9.17) is 14.2 Å². The zero-order valence-electron chi connectivity index (χ0n) is 23.1. The molecule has 1 atom stereocenters. The van der Waals surface area contributed by atoms with Crippen LogP contribution in [0.5, 0.6) is 17.2 Å². The maximum atomic E-state index is 12.1. The van der Waals surface area contributed by atoms with Gasteiger partial charge in [0, 0.05) is 44.9 Å². The van der Waals surface area contributed by atoms with Gasteiger partial charge in [-0.3, -0.25) is 14.3 Å². The molecule has 210 valence electrons. The first kappa shape index (κ1) is 29.1. The van der Waals surface area contributed by atoms with Crippen molar-refractivity contribution >= 4 is 16.9 Å². The number of nitrogens with zero attached hydrogens (tertiary/aromatic N) is 3. The molecule has 0 saturated heterocycles. The average molecular weight is 532 g/mol. The van der Waals surface area contributed by atoms with E-state index >= 15 is 0 Å². The van der Waals surface area contributed by atoms with Gasteiger partial charge in [-0.25, -0.2) is 9.78 Å². The smallest absolute Gasteiger partial charge is 0.329 e. The topological polar surface area (TPSA) is 133 Å². The molecule has 0 spiro atoms. The van der Waals surface area contributed by atoms with Gasteiger partial charge in [-0.2, -0.15) is 0 Å². The molecule has 0 bridgehead atoms. The molecule has 0 aliphatic rings. The van der Waals surface area contributed by atoms with Crippen molar-refractivity contribution in [1.29, 1.82) is 0 Å². The molecule has 0 amide bonds. The van der Waals surface area contributed by atoms with Crippen LogP contribution < -0.4 is 30.8 Å². The van der Waals surface area contributed by atoms with Crippen molar-refractivity contribution in [2.75, 3.05) is 33.2 Å². The molecular formula is C27H41N5O6. The molecule has 1 aromatic carbocycles. The lowest BCUT2D eigenvalue weighted by molar-refractivity contribution is 0.173. The second kappa shape index (κ2) is 13.9. The van der Waals surface area contributed by atoms with Crippen LogP contribution in [0.4, 0.5) is 5.69 Å². The highest BCUT2D eigenvalue weighted by Gasteiger charge is 2.15. The fourth-order valence-corrected chi connectivity index (χ4v) is 4.64. The molecule has 0 radical (unpaired) electrons. The van der Waals surface area contributed by atoms with E-state index in [9.17, 15) is 14.7 Å². The summed E-state index contributed by atoms with van der Waals surface area (Å²) in [6.07, 6.45) is 8.62. The molecule has 0 aliphatic heterocycles. The number of rotatable bonds is 16. The lowest BCUT2D eigenvalue weighted by Crippen LogP contribution is -2.29. The molecule has 11 heteroatoms. The quantitative estimate of drug-likeness (QED) is 0.240. The normalized spacial score (nSPS) is 12.1. The van der Waals surface area contributed by atoms with Crippen LogP contribution >= 0.6 is 0 Å². The number of fused-ring (bicyclic) bond motifs is 1. The fourth-order valence-electron chi connectivity index (χ4n) is 4.64. The first-order chi connectivity index (χ1) is 18.3. The molecular weight excluding hydrogens is 490 g/mol. The number of nitrogens with one attached hydrogen (secondary N) is 2. The van der Waals surface area contributed by atoms with Gasteiger partial charge in [0.25, 0.3) is 5.56 Å². The van der Waals surface area contributed by atoms with Crippen LogP contribution in [-0.4, -0.2) is 58.2 Å². The summed E-state index contributed by atoms with van der Waals surface area (Å²) in [5, 5.41) is 13.6. The molecule has 2 aromatic heterocycles. The largest absolute Gasteiger partial charge is 0.493 e. The average Bonchev–Trinajstić information content (AvgIpc) is 3.25. The number of hydrogen-bond acceptors (Lipinski definition) is 8. The third kappa shape index (κ3) is 7.09. The third-order valence-corrected chi connectivity index (χ3v) is 6.87. The maximum absolute atomic E-state index is 12.1. The zero-order chi connectivity index (χ0) is 27.7. The molecule has 0 aliphatic carbocycles. The third-order valence-electron chi connectivity index (χ3n) is 6.87. The van der Waals surface area contributed by atoms with E-state index in [1.165, 1.54) is 4.57 Å². The number of aryl methyl sites for hydroxylation is 3. The number of ether oxygens (including phenoxy) is 3. The summed E-state index contributed by atoms with van der Waals surface area (Å²) >= 11 is 0. The Morgan fingerprint density at radius 3 is 2.13 bits per heavy atom. The monoisotopic (exact) mass is 531 g/mol. The number of aliphatic hydroxyl groups excluding tert-OH is 1. The predicted molar refractivity (Wildman–Crippen MR) is 148 cm³/mol. The molecule has 1 unspecified atom stereocenters. The number of anilines is 1. The SMILES string of the molecule is COc1cc(NCC(O)CCCCCCCCCc2nc3c(c(=O)[nH]c(=O)n3C)n2C)cc(OC)c1OC. The molecule has 0 fully saturated rings. The first-order valence-corrected chi connectivity index (χ1v) is 13.2. The van der Waals surface area contributed by atoms with E-state index in [0.29, 0.717) is 35.0 Å². The second-order valence-corrected chi connectivity index (χ2v) is 9.54. The number of imidazole rings is 1. The maximum Gasteiger partial charge on any atom is 0.329 e. The minimum Gasteiger partial charge on any atom is -0.493 e. The Kier molecular flexibility index (Phi) is 10.6. The van der Waals surface area contributed by atoms with Crippen LogP contribution in [0.25, 0.3) is 11.2 Å². The summed E-state index contributed by atoms with van der Waals surface area (Å²) in [6.45, 7) is 0.445. The van der Waals surface area contributed by atoms with Crippen molar-refractivity contribution in [3.63, 3.8) is 0 Å². The predicted octanol–water partition coefficient (Wildman–Crippen LogP) is 3.12. The minimum absolute atomic E-state index is 0.397. The van der Waals surface area contributed by atoms with Gasteiger partial charge in [0.1, 0.15) is 5.82 Å². The van der Waals surface area contributed by atoms with E-state index in [0.717, 1.165) is 69.3 Å². The van der Waals surface area contributed by atoms with Crippen LogP contribution in [0.3, 0.4) is 0 Å². The van der Waals surface area contributed by atoms with Gasteiger partial charge in [-0.15, -0.1) is 0 Å². The number of benzene rings is 1. The summed E-state index contributed by atoms with van der Waals surface area (Å²) in [5.74, 6) is 2.50. The van der Waals surface area contributed by atoms with Crippen molar-refractivity contribution in [3.8, 4) is 17.2 Å². The summed E-state index contributed by atoms with van der Waals surface area (Å²) in [6, 6.07) is 3.65. The highest BCUT2D eigenvalue weighted by molar-refractivity contribution is 5.70. The number of unbranched alkanes of at least 4 members (excludes halogenated alkanes) is 6. The number of aliphatic hydroxyl groups is 1. The Balaban J connectivity index is 1.30. The first-order valence-electron chi connectivity index (χ1n) is 13.2. The van der Waals surface area contributed by atoms with E-state index in [2.05, 4.69) is 15.3 Å². The van der Waals surface area contributed by atoms with Crippen molar-refractivity contribution in [2.45, 2.75) is 63.9 Å². The number of methoxy groups -OCH3 is 3. The number of aromatic nitrogens is 4. The standard InChI is InChI=1S/C27H41N5O6/c1-31-22(29-25-23(31)26(34)30-27(35)32(25)2)14-12-10-8-6-7-9-11-13-19(33)17-28-18-15-20(36-3)24(38-5)21(16-18)37-4/h15-16,19,28,33H,6-14,17H2,1-5H3,(H,30,34,35). The second-order valence-electron chi connectivity index (χ2n) is 9.54. The Labute approximate surface area is 222 Å². The van der Waals surface area contributed by atoms with Crippen LogP contribution in [-0.2, 0) is 20.5 Å². The van der Waals surface area contributed by atoms with Crippen LogP contribution in [0.15, 0.2) is 21.7 Å². The molecule has 11 nitrogen and oxygen atoms in total. The molecule has 3 rings (SSSR count). The highest BCUT2D eigenvalue weighted by atomic mass is 16.5. The molecule has 0 saturated carbocycles. The van der Waals surface area contributed by atoms with Crippen molar-refractivity contribution in [3.05, 3.63) is 38.8 Å². The number of H-pyrrole nitrogens is 1. The van der Waals surface area contributed by atoms with Gasteiger partial charge >= 0.3 is 5.69 Å². The summed E-state index contributed by atoms with van der Waals surface area (Å²) < 4.78 is 19.2. The molecule has 3 N–H and O–H groups in total. The Morgan fingerprint density at radius 1 is 0.921 bits per heavy atom. The van der Waals surface area contributed by atoms with Gasteiger partial charge in [-0.1, -0.05) is 38.5 Å². The van der Waals surface area contributed by atoms with Crippen LogP contribution in [0.1, 0.15) is 57.2 Å². The molecule has 38 heavy (non-hydrogen) atoms. The summed E-state index contributed by atoms with van der Waals surface area (Å²) in [7, 11) is 8.15. The van der Waals surface area contributed by atoms with Gasteiger partial charge in [0.2, 0.25) is 5.75 Å². The van der Waals surface area contributed by atoms with Crippen LogP contribution in [0, 0.1) is 0 Å². The summed E-state index contributed by atoms with van der Waals surface area (Å²) in [5.41, 5.74) is 0.814. The Hall–Kier alpha value is -3.47. The molecule has 2 heterocycles. The Morgan fingerprint density at radius 2 is 1.53 bits per heavy atom. The van der Waals surface area contributed by atoms with Gasteiger partial charge in [0.15, 0.2) is 22.7 Å². The van der Waals surface area contributed by atoms with Crippen molar-refractivity contribution in [1.82, 2.24) is 19.1 Å². The highest BCUT2D eigenvalue weighted by Crippen LogP contribution is 2.39. The van der Waals surface area contributed by atoms with E-state index < -0.39 is 17.4 Å². The lowest BCUT2D eigenvalue weighted by Gasteiger charge is -2.17. The van der Waals surface area contributed by atoms with Crippen molar-refractivity contribution < 1.29 is 19.3 Å².